The summed E-state index contributed by atoms with van der Waals surface area (Å²) in [6.07, 6.45) is -0.0901. The van der Waals surface area contributed by atoms with Gasteiger partial charge in [0.15, 0.2) is 0 Å². The third-order valence-electron chi connectivity index (χ3n) is 3.76. The Bertz CT molecular complexity index is 400. The summed E-state index contributed by atoms with van der Waals surface area (Å²) in [5, 5.41) is 3.10. The van der Waals surface area contributed by atoms with Crippen molar-refractivity contribution in [3.8, 4) is 0 Å². The molecule has 1 aliphatic rings. The maximum atomic E-state index is 12.9. The van der Waals surface area contributed by atoms with Gasteiger partial charge in [-0.3, -0.25) is 0 Å². The lowest BCUT2D eigenvalue weighted by Crippen LogP contribution is -2.25. The molecular formula is C14H18F3N. The Kier molecular flexibility index (Phi) is 3.83. The highest BCUT2D eigenvalue weighted by Gasteiger charge is 2.34. The third-order valence-corrected chi connectivity index (χ3v) is 3.76. The van der Waals surface area contributed by atoms with Crippen molar-refractivity contribution in [1.29, 1.82) is 0 Å². The molecule has 2 atom stereocenters. The smallest absolute Gasteiger partial charge is 0.382 e. The van der Waals surface area contributed by atoms with E-state index in [2.05, 4.69) is 12.2 Å². The van der Waals surface area contributed by atoms with E-state index in [0.717, 1.165) is 31.7 Å². The van der Waals surface area contributed by atoms with Crippen molar-refractivity contribution in [2.45, 2.75) is 44.8 Å². The molecule has 0 bridgehead atoms. The topological polar surface area (TPSA) is 12.0 Å². The lowest BCUT2D eigenvalue weighted by atomic mass is 10.00. The van der Waals surface area contributed by atoms with E-state index in [1.807, 2.05) is 0 Å². The van der Waals surface area contributed by atoms with E-state index in [4.69, 9.17) is 0 Å². The van der Waals surface area contributed by atoms with Gasteiger partial charge in [0.2, 0.25) is 0 Å². The summed E-state index contributed by atoms with van der Waals surface area (Å²) < 4.78 is 38.6. The Morgan fingerprint density at radius 1 is 1.22 bits per heavy atom. The monoisotopic (exact) mass is 257 g/mol. The summed E-state index contributed by atoms with van der Waals surface area (Å²) in [6.45, 7) is 2.10. The molecule has 18 heavy (non-hydrogen) atoms. The highest BCUT2D eigenvalue weighted by atomic mass is 19.4. The quantitative estimate of drug-likeness (QED) is 0.827. The Labute approximate surface area is 105 Å². The van der Waals surface area contributed by atoms with Gasteiger partial charge in [-0.2, -0.15) is 13.2 Å². The fourth-order valence-electron chi connectivity index (χ4n) is 2.77. The molecule has 1 fully saturated rings. The zero-order valence-electron chi connectivity index (χ0n) is 10.4. The number of anilines is 1. The van der Waals surface area contributed by atoms with Gasteiger partial charge in [0, 0.05) is 11.7 Å². The van der Waals surface area contributed by atoms with E-state index in [-0.39, 0.29) is 11.7 Å². The Morgan fingerprint density at radius 3 is 2.61 bits per heavy atom. The van der Waals surface area contributed by atoms with Crippen molar-refractivity contribution in [3.05, 3.63) is 29.8 Å². The van der Waals surface area contributed by atoms with Gasteiger partial charge in [0.1, 0.15) is 0 Å². The molecule has 1 aromatic carbocycles. The first kappa shape index (κ1) is 13.2. The van der Waals surface area contributed by atoms with Crippen molar-refractivity contribution in [2.75, 3.05) is 5.32 Å². The van der Waals surface area contributed by atoms with Crippen LogP contribution in [0.15, 0.2) is 24.3 Å². The number of halogens is 3. The maximum absolute atomic E-state index is 12.9. The molecule has 0 aliphatic heterocycles. The number of para-hydroxylation sites is 1. The van der Waals surface area contributed by atoms with Crippen molar-refractivity contribution in [2.24, 2.45) is 5.92 Å². The first-order valence-electron chi connectivity index (χ1n) is 6.45. The van der Waals surface area contributed by atoms with Crippen LogP contribution in [0.2, 0.25) is 0 Å². The van der Waals surface area contributed by atoms with E-state index in [9.17, 15) is 13.2 Å². The van der Waals surface area contributed by atoms with Gasteiger partial charge in [0.25, 0.3) is 0 Å². The molecular weight excluding hydrogens is 239 g/mol. The zero-order valence-corrected chi connectivity index (χ0v) is 10.4. The van der Waals surface area contributed by atoms with Crippen LogP contribution in [-0.2, 0) is 6.18 Å². The van der Waals surface area contributed by atoms with Gasteiger partial charge >= 0.3 is 6.18 Å². The SMILES string of the molecule is CCC1CCCC1Nc1ccccc1C(F)(F)F. The van der Waals surface area contributed by atoms with E-state index in [0.29, 0.717) is 5.92 Å². The molecule has 0 heterocycles. The zero-order chi connectivity index (χ0) is 13.2. The molecule has 2 rings (SSSR count). The van der Waals surface area contributed by atoms with E-state index < -0.39 is 11.7 Å². The molecule has 100 valence electrons. The third kappa shape index (κ3) is 2.79. The molecule has 2 unspecified atom stereocenters. The minimum atomic E-state index is -4.29. The average molecular weight is 257 g/mol. The number of alkyl halides is 3. The molecule has 1 saturated carbocycles. The Hall–Kier alpha value is -1.19. The number of hydrogen-bond acceptors (Lipinski definition) is 1. The van der Waals surface area contributed by atoms with Gasteiger partial charge < -0.3 is 5.32 Å². The largest absolute Gasteiger partial charge is 0.418 e. The molecule has 0 spiro atoms. The first-order chi connectivity index (χ1) is 8.52. The summed E-state index contributed by atoms with van der Waals surface area (Å²) >= 11 is 0. The molecule has 4 heteroatoms. The average Bonchev–Trinajstić information content (AvgIpc) is 2.75. The highest BCUT2D eigenvalue weighted by molar-refractivity contribution is 5.53. The number of hydrogen-bond donors (Lipinski definition) is 1. The van der Waals surface area contributed by atoms with Crippen LogP contribution in [0, 0.1) is 5.92 Å². The fourth-order valence-corrected chi connectivity index (χ4v) is 2.77. The predicted molar refractivity (Wildman–Crippen MR) is 66.5 cm³/mol. The van der Waals surface area contributed by atoms with E-state index >= 15 is 0 Å². The maximum Gasteiger partial charge on any atom is 0.418 e. The lowest BCUT2D eigenvalue weighted by molar-refractivity contribution is -0.137. The molecule has 1 aliphatic carbocycles. The first-order valence-corrected chi connectivity index (χ1v) is 6.45. The van der Waals surface area contributed by atoms with E-state index in [1.54, 1.807) is 6.07 Å². The molecule has 1 nitrogen and oxygen atoms in total. The van der Waals surface area contributed by atoms with Crippen molar-refractivity contribution >= 4 is 5.69 Å². The molecule has 0 aromatic heterocycles. The molecule has 0 radical (unpaired) electrons. The summed E-state index contributed by atoms with van der Waals surface area (Å²) in [7, 11) is 0. The number of nitrogens with one attached hydrogen (secondary N) is 1. The Balaban J connectivity index is 2.19. The van der Waals surface area contributed by atoms with Crippen LogP contribution in [-0.4, -0.2) is 6.04 Å². The van der Waals surface area contributed by atoms with Crippen molar-refractivity contribution in [3.63, 3.8) is 0 Å². The Morgan fingerprint density at radius 2 is 1.94 bits per heavy atom. The van der Waals surface area contributed by atoms with Crippen LogP contribution in [0.1, 0.15) is 38.2 Å². The van der Waals surface area contributed by atoms with E-state index in [1.165, 1.54) is 12.1 Å². The van der Waals surface area contributed by atoms with Crippen LogP contribution >= 0.6 is 0 Å². The van der Waals surface area contributed by atoms with Crippen LogP contribution in [0.3, 0.4) is 0 Å². The minimum Gasteiger partial charge on any atom is -0.382 e. The van der Waals surface area contributed by atoms with Crippen LogP contribution in [0.5, 0.6) is 0 Å². The fraction of sp³-hybridized carbons (Fsp3) is 0.571. The number of benzene rings is 1. The molecule has 1 aromatic rings. The summed E-state index contributed by atoms with van der Waals surface area (Å²) in [5.41, 5.74) is -0.345. The van der Waals surface area contributed by atoms with Gasteiger partial charge in [-0.1, -0.05) is 31.9 Å². The molecule has 0 amide bonds. The van der Waals surface area contributed by atoms with Crippen LogP contribution < -0.4 is 5.32 Å². The van der Waals surface area contributed by atoms with Crippen molar-refractivity contribution < 1.29 is 13.2 Å². The van der Waals surface area contributed by atoms with Gasteiger partial charge in [-0.05, 0) is 30.9 Å². The van der Waals surface area contributed by atoms with Gasteiger partial charge in [-0.25, -0.2) is 0 Å². The minimum absolute atomic E-state index is 0.179. The van der Waals surface area contributed by atoms with Crippen LogP contribution in [0.4, 0.5) is 18.9 Å². The summed E-state index contributed by atoms with van der Waals surface area (Å²) in [6, 6.07) is 5.91. The molecule has 0 saturated heterocycles. The standard InChI is InChI=1S/C14H18F3N/c1-2-10-6-5-9-12(10)18-13-8-4-3-7-11(13)14(15,16)17/h3-4,7-8,10,12,18H,2,5-6,9H2,1H3. The second-order valence-electron chi connectivity index (χ2n) is 4.89. The van der Waals surface area contributed by atoms with Crippen molar-refractivity contribution in [1.82, 2.24) is 0 Å². The normalized spacial score (nSPS) is 24.2. The molecule has 1 N–H and O–H groups in total. The number of rotatable bonds is 3. The predicted octanol–water partition coefficient (Wildman–Crippen LogP) is 4.70. The lowest BCUT2D eigenvalue weighted by Gasteiger charge is -2.23. The second-order valence-corrected chi connectivity index (χ2v) is 4.89. The highest BCUT2D eigenvalue weighted by Crippen LogP contribution is 2.37. The van der Waals surface area contributed by atoms with Gasteiger partial charge in [-0.15, -0.1) is 0 Å². The van der Waals surface area contributed by atoms with Crippen LogP contribution in [0.25, 0.3) is 0 Å². The second kappa shape index (κ2) is 5.21. The summed E-state index contributed by atoms with van der Waals surface area (Å²) in [4.78, 5) is 0. The summed E-state index contributed by atoms with van der Waals surface area (Å²) in [5.74, 6) is 0.492. The van der Waals surface area contributed by atoms with Gasteiger partial charge in [0.05, 0.1) is 5.56 Å².